The Hall–Kier alpha value is -1.33. The number of halogens is 2. The fraction of sp³-hybridized carbons (Fsp3) is 0.300. The van der Waals surface area contributed by atoms with Crippen LogP contribution in [-0.4, -0.2) is 21.7 Å². The molecule has 0 bridgehead atoms. The fourth-order valence-electron chi connectivity index (χ4n) is 3.54. The summed E-state index contributed by atoms with van der Waals surface area (Å²) in [5.41, 5.74) is 4.47. The average Bonchev–Trinajstić information content (AvgIpc) is 2.60. The molecule has 0 radical (unpaired) electrons. The number of benzene rings is 2. The normalized spacial score (nSPS) is 20.3. The van der Waals surface area contributed by atoms with Crippen molar-refractivity contribution in [3.8, 4) is 0 Å². The Labute approximate surface area is 164 Å². The van der Waals surface area contributed by atoms with Crippen molar-refractivity contribution >= 4 is 39.1 Å². The summed E-state index contributed by atoms with van der Waals surface area (Å²) in [5, 5.41) is 5.72. The standard InChI is InChI=1S/C20H21Cl2NO2S/c1-23-20-8-6-15(14-4-7-18(21)19(22)12-14)16-5-3-13(11-17(16)20)9-10-26(2,24)25/h3-5,7,9-12,15,20,23H,6,8H2,1-2H3/t15?,20-/m0/s1. The first kappa shape index (κ1) is 19.4. The van der Waals surface area contributed by atoms with E-state index in [1.807, 2.05) is 31.3 Å². The highest BCUT2D eigenvalue weighted by atomic mass is 35.5. The summed E-state index contributed by atoms with van der Waals surface area (Å²) in [7, 11) is -1.20. The minimum Gasteiger partial charge on any atom is -0.313 e. The van der Waals surface area contributed by atoms with E-state index in [1.54, 1.807) is 6.08 Å². The summed E-state index contributed by atoms with van der Waals surface area (Å²) in [6.07, 6.45) is 4.84. The van der Waals surface area contributed by atoms with Gasteiger partial charge < -0.3 is 5.32 Å². The van der Waals surface area contributed by atoms with Gasteiger partial charge in [0.25, 0.3) is 0 Å². The monoisotopic (exact) mass is 409 g/mol. The van der Waals surface area contributed by atoms with E-state index in [0.717, 1.165) is 24.0 Å². The molecule has 26 heavy (non-hydrogen) atoms. The Morgan fingerprint density at radius 2 is 1.81 bits per heavy atom. The molecule has 0 aromatic heterocycles. The van der Waals surface area contributed by atoms with Gasteiger partial charge >= 0.3 is 0 Å². The van der Waals surface area contributed by atoms with Crippen LogP contribution in [0.1, 0.15) is 47.1 Å². The van der Waals surface area contributed by atoms with Crippen LogP contribution in [0.3, 0.4) is 0 Å². The molecule has 138 valence electrons. The first-order valence-corrected chi connectivity index (χ1v) is 11.1. The van der Waals surface area contributed by atoms with Gasteiger partial charge in [-0.15, -0.1) is 0 Å². The van der Waals surface area contributed by atoms with Gasteiger partial charge in [0.05, 0.1) is 10.0 Å². The van der Waals surface area contributed by atoms with E-state index in [0.29, 0.717) is 10.0 Å². The predicted molar refractivity (Wildman–Crippen MR) is 110 cm³/mol. The Bertz CT molecular complexity index is 954. The van der Waals surface area contributed by atoms with Crippen molar-refractivity contribution in [3.63, 3.8) is 0 Å². The van der Waals surface area contributed by atoms with E-state index < -0.39 is 9.84 Å². The van der Waals surface area contributed by atoms with Crippen molar-refractivity contribution in [2.24, 2.45) is 0 Å². The second-order valence-electron chi connectivity index (χ2n) is 6.67. The molecule has 3 rings (SSSR count). The van der Waals surface area contributed by atoms with Gasteiger partial charge in [-0.05, 0) is 66.4 Å². The lowest BCUT2D eigenvalue weighted by Gasteiger charge is -2.32. The zero-order valence-corrected chi connectivity index (χ0v) is 17.0. The van der Waals surface area contributed by atoms with Crippen LogP contribution in [0.2, 0.25) is 10.0 Å². The molecule has 0 amide bonds. The van der Waals surface area contributed by atoms with Crippen LogP contribution in [0.25, 0.3) is 6.08 Å². The summed E-state index contributed by atoms with van der Waals surface area (Å²) >= 11 is 12.3. The lowest BCUT2D eigenvalue weighted by Crippen LogP contribution is -2.24. The van der Waals surface area contributed by atoms with Crippen molar-refractivity contribution in [1.29, 1.82) is 0 Å². The minimum absolute atomic E-state index is 0.246. The molecule has 2 aromatic carbocycles. The van der Waals surface area contributed by atoms with E-state index in [2.05, 4.69) is 17.4 Å². The van der Waals surface area contributed by atoms with Gasteiger partial charge in [-0.1, -0.05) is 41.4 Å². The van der Waals surface area contributed by atoms with Crippen LogP contribution in [-0.2, 0) is 9.84 Å². The largest absolute Gasteiger partial charge is 0.313 e. The van der Waals surface area contributed by atoms with E-state index >= 15 is 0 Å². The molecule has 0 heterocycles. The number of rotatable bonds is 4. The molecule has 0 spiro atoms. The summed E-state index contributed by atoms with van der Waals surface area (Å²) in [4.78, 5) is 0. The molecule has 0 saturated carbocycles. The lowest BCUT2D eigenvalue weighted by molar-refractivity contribution is 0.471. The number of hydrogen-bond acceptors (Lipinski definition) is 3. The molecule has 0 fully saturated rings. The first-order chi connectivity index (χ1) is 12.3. The van der Waals surface area contributed by atoms with Gasteiger partial charge in [-0.25, -0.2) is 8.42 Å². The van der Waals surface area contributed by atoms with E-state index in [4.69, 9.17) is 23.2 Å². The van der Waals surface area contributed by atoms with Crippen molar-refractivity contribution in [2.75, 3.05) is 13.3 Å². The molecule has 0 saturated heterocycles. The van der Waals surface area contributed by atoms with Crippen molar-refractivity contribution in [2.45, 2.75) is 24.8 Å². The molecule has 3 nitrogen and oxygen atoms in total. The van der Waals surface area contributed by atoms with Crippen molar-refractivity contribution in [1.82, 2.24) is 5.32 Å². The minimum atomic E-state index is -3.15. The van der Waals surface area contributed by atoms with Crippen LogP contribution in [0.15, 0.2) is 41.8 Å². The third-order valence-corrected chi connectivity index (χ3v) is 6.18. The molecular weight excluding hydrogens is 389 g/mol. The van der Waals surface area contributed by atoms with Crippen molar-refractivity contribution < 1.29 is 8.42 Å². The lowest BCUT2D eigenvalue weighted by atomic mass is 9.76. The third-order valence-electron chi connectivity index (χ3n) is 4.81. The Balaban J connectivity index is 2.04. The third kappa shape index (κ3) is 4.32. The maximum Gasteiger partial charge on any atom is 0.168 e. The molecule has 0 aliphatic heterocycles. The zero-order valence-electron chi connectivity index (χ0n) is 14.7. The molecule has 1 unspecified atom stereocenters. The molecule has 1 aliphatic carbocycles. The molecule has 2 atom stereocenters. The van der Waals surface area contributed by atoms with Crippen molar-refractivity contribution in [3.05, 3.63) is 74.1 Å². The van der Waals surface area contributed by atoms with Gasteiger partial charge in [0.1, 0.15) is 0 Å². The van der Waals surface area contributed by atoms with Crippen LogP contribution < -0.4 is 5.32 Å². The maximum atomic E-state index is 11.4. The average molecular weight is 410 g/mol. The smallest absolute Gasteiger partial charge is 0.168 e. The molecule has 1 N–H and O–H groups in total. The van der Waals surface area contributed by atoms with Crippen LogP contribution >= 0.6 is 23.2 Å². The summed E-state index contributed by atoms with van der Waals surface area (Å²) in [5.74, 6) is 0.248. The molecule has 2 aromatic rings. The topological polar surface area (TPSA) is 46.2 Å². The van der Waals surface area contributed by atoms with Crippen LogP contribution in [0.4, 0.5) is 0 Å². The first-order valence-electron chi connectivity index (χ1n) is 8.42. The van der Waals surface area contributed by atoms with Gasteiger partial charge in [0.15, 0.2) is 9.84 Å². The molecule has 1 aliphatic rings. The Kier molecular flexibility index (Phi) is 5.78. The number of fused-ring (bicyclic) bond motifs is 1. The summed E-state index contributed by atoms with van der Waals surface area (Å²) < 4.78 is 22.8. The second-order valence-corrected chi connectivity index (χ2v) is 9.41. The predicted octanol–water partition coefficient (Wildman–Crippen LogP) is 5.19. The van der Waals surface area contributed by atoms with Crippen LogP contribution in [0, 0.1) is 0 Å². The molecular formula is C20H21Cl2NO2S. The highest BCUT2D eigenvalue weighted by Gasteiger charge is 2.27. The van der Waals surface area contributed by atoms with E-state index in [9.17, 15) is 8.42 Å². The maximum absolute atomic E-state index is 11.4. The second kappa shape index (κ2) is 7.73. The SMILES string of the molecule is CN[C@H]1CCC(c2ccc(Cl)c(Cl)c2)c2ccc(C=CS(C)(=O)=O)cc21. The number of nitrogens with one attached hydrogen (secondary N) is 1. The van der Waals surface area contributed by atoms with E-state index in [1.165, 1.54) is 22.8 Å². The number of hydrogen-bond donors (Lipinski definition) is 1. The van der Waals surface area contributed by atoms with Gasteiger partial charge in [-0.3, -0.25) is 0 Å². The highest BCUT2D eigenvalue weighted by molar-refractivity contribution is 7.93. The highest BCUT2D eigenvalue weighted by Crippen LogP contribution is 2.42. The zero-order chi connectivity index (χ0) is 18.9. The fourth-order valence-corrected chi connectivity index (χ4v) is 4.25. The molecule has 6 heteroatoms. The summed E-state index contributed by atoms with van der Waals surface area (Å²) in [6, 6.07) is 12.2. The van der Waals surface area contributed by atoms with Gasteiger partial charge in [0, 0.05) is 23.6 Å². The van der Waals surface area contributed by atoms with Crippen LogP contribution in [0.5, 0.6) is 0 Å². The van der Waals surface area contributed by atoms with Gasteiger partial charge in [0.2, 0.25) is 0 Å². The Morgan fingerprint density at radius 3 is 2.46 bits per heavy atom. The number of sulfone groups is 1. The quantitative estimate of drug-likeness (QED) is 0.754. The summed E-state index contributed by atoms with van der Waals surface area (Å²) in [6.45, 7) is 0. The van der Waals surface area contributed by atoms with E-state index in [-0.39, 0.29) is 12.0 Å². The van der Waals surface area contributed by atoms with Gasteiger partial charge in [-0.2, -0.15) is 0 Å². The Morgan fingerprint density at radius 1 is 1.04 bits per heavy atom.